The fourth-order valence-corrected chi connectivity index (χ4v) is 2.43. The van der Waals surface area contributed by atoms with Crippen molar-refractivity contribution in [2.45, 2.75) is 12.6 Å². The first kappa shape index (κ1) is 13.7. The molecule has 2 aromatic rings. The third-order valence-electron chi connectivity index (χ3n) is 3.52. The molecule has 0 spiro atoms. The number of benzene rings is 1. The highest BCUT2D eigenvalue weighted by molar-refractivity contribution is 5.73. The molecule has 1 aromatic heterocycles. The van der Waals surface area contributed by atoms with Gasteiger partial charge in [0.2, 0.25) is 0 Å². The molecule has 2 N–H and O–H groups in total. The van der Waals surface area contributed by atoms with Crippen molar-refractivity contribution in [3.05, 3.63) is 36.2 Å². The molecule has 110 valence electrons. The Morgan fingerprint density at radius 1 is 1.38 bits per heavy atom. The van der Waals surface area contributed by atoms with Crippen molar-refractivity contribution in [3.8, 4) is 5.69 Å². The number of rotatable bonds is 4. The summed E-state index contributed by atoms with van der Waals surface area (Å²) in [5.41, 5.74) is 0.861. The standard InChI is InChI=1S/C13H16N6O2/c20-13(21)11-8-14-6-7-18(11)9-12-15-16-17-19(12)10-4-2-1-3-5-10/h1-5,11,14H,6-9H2,(H,20,21). The Morgan fingerprint density at radius 2 is 2.19 bits per heavy atom. The Kier molecular flexibility index (Phi) is 3.89. The van der Waals surface area contributed by atoms with E-state index in [9.17, 15) is 9.90 Å². The van der Waals surface area contributed by atoms with Crippen LogP contribution in [0.4, 0.5) is 0 Å². The van der Waals surface area contributed by atoms with Gasteiger partial charge in [0.05, 0.1) is 12.2 Å². The maximum Gasteiger partial charge on any atom is 0.322 e. The van der Waals surface area contributed by atoms with E-state index in [1.807, 2.05) is 35.2 Å². The fourth-order valence-electron chi connectivity index (χ4n) is 2.43. The number of nitrogens with one attached hydrogen (secondary N) is 1. The lowest BCUT2D eigenvalue weighted by Gasteiger charge is -2.32. The second-order valence-electron chi connectivity index (χ2n) is 4.87. The van der Waals surface area contributed by atoms with Gasteiger partial charge in [-0.25, -0.2) is 0 Å². The van der Waals surface area contributed by atoms with E-state index in [1.165, 1.54) is 0 Å². The fraction of sp³-hybridized carbons (Fsp3) is 0.385. The Balaban J connectivity index is 1.82. The maximum atomic E-state index is 11.3. The maximum absolute atomic E-state index is 11.3. The van der Waals surface area contributed by atoms with E-state index in [1.54, 1.807) is 4.68 Å². The summed E-state index contributed by atoms with van der Waals surface area (Å²) >= 11 is 0. The number of aliphatic carboxylic acids is 1. The van der Waals surface area contributed by atoms with Gasteiger partial charge in [0.1, 0.15) is 6.04 Å². The number of para-hydroxylation sites is 1. The summed E-state index contributed by atoms with van der Waals surface area (Å²) in [6.45, 7) is 2.25. The minimum atomic E-state index is -0.832. The first-order chi connectivity index (χ1) is 10.3. The number of carbonyl (C=O) groups is 1. The molecular weight excluding hydrogens is 272 g/mol. The van der Waals surface area contributed by atoms with Crippen molar-refractivity contribution in [1.29, 1.82) is 0 Å². The molecule has 1 unspecified atom stereocenters. The van der Waals surface area contributed by atoms with E-state index in [0.717, 1.165) is 12.2 Å². The SMILES string of the molecule is O=C(O)C1CNCCN1Cc1nnnn1-c1ccccc1. The van der Waals surface area contributed by atoms with Crippen LogP contribution < -0.4 is 5.32 Å². The van der Waals surface area contributed by atoms with E-state index < -0.39 is 12.0 Å². The first-order valence-corrected chi connectivity index (χ1v) is 6.76. The van der Waals surface area contributed by atoms with Crippen molar-refractivity contribution >= 4 is 5.97 Å². The average Bonchev–Trinajstić information content (AvgIpc) is 2.96. The van der Waals surface area contributed by atoms with Gasteiger partial charge >= 0.3 is 5.97 Å². The lowest BCUT2D eigenvalue weighted by atomic mass is 10.2. The molecular formula is C13H16N6O2. The molecule has 21 heavy (non-hydrogen) atoms. The van der Waals surface area contributed by atoms with Gasteiger partial charge < -0.3 is 10.4 Å². The van der Waals surface area contributed by atoms with Crippen molar-refractivity contribution in [3.63, 3.8) is 0 Å². The van der Waals surface area contributed by atoms with Crippen molar-refractivity contribution in [2.24, 2.45) is 0 Å². The van der Waals surface area contributed by atoms with Crippen LogP contribution in [0.3, 0.4) is 0 Å². The zero-order valence-corrected chi connectivity index (χ0v) is 11.4. The van der Waals surface area contributed by atoms with Crippen molar-refractivity contribution < 1.29 is 9.90 Å². The predicted molar refractivity (Wildman–Crippen MR) is 73.9 cm³/mol. The van der Waals surface area contributed by atoms with Crippen LogP contribution in [0.1, 0.15) is 5.82 Å². The van der Waals surface area contributed by atoms with Gasteiger partial charge in [0.25, 0.3) is 0 Å². The van der Waals surface area contributed by atoms with E-state index >= 15 is 0 Å². The second kappa shape index (κ2) is 5.98. The van der Waals surface area contributed by atoms with Gasteiger partial charge in [-0.15, -0.1) is 5.10 Å². The molecule has 2 heterocycles. The molecule has 0 amide bonds. The van der Waals surface area contributed by atoms with Crippen LogP contribution in [0.15, 0.2) is 30.3 Å². The van der Waals surface area contributed by atoms with Gasteiger partial charge in [-0.2, -0.15) is 4.68 Å². The van der Waals surface area contributed by atoms with Crippen molar-refractivity contribution in [2.75, 3.05) is 19.6 Å². The summed E-state index contributed by atoms with van der Waals surface area (Å²) in [7, 11) is 0. The minimum Gasteiger partial charge on any atom is -0.480 e. The first-order valence-electron chi connectivity index (χ1n) is 6.76. The summed E-state index contributed by atoms with van der Waals surface area (Å²) in [6.07, 6.45) is 0. The Morgan fingerprint density at radius 3 is 2.95 bits per heavy atom. The minimum absolute atomic E-state index is 0.403. The topological polar surface area (TPSA) is 96.2 Å². The summed E-state index contributed by atoms with van der Waals surface area (Å²) in [4.78, 5) is 13.2. The molecule has 0 radical (unpaired) electrons. The smallest absolute Gasteiger partial charge is 0.322 e. The van der Waals surface area contributed by atoms with Crippen LogP contribution in [-0.2, 0) is 11.3 Å². The molecule has 1 aromatic carbocycles. The number of tetrazole rings is 1. The third-order valence-corrected chi connectivity index (χ3v) is 3.52. The Hall–Kier alpha value is -2.32. The highest BCUT2D eigenvalue weighted by atomic mass is 16.4. The van der Waals surface area contributed by atoms with E-state index in [4.69, 9.17) is 0 Å². The summed E-state index contributed by atoms with van der Waals surface area (Å²) in [5, 5.41) is 24.1. The number of carboxylic acid groups (broad SMARTS) is 1. The predicted octanol–water partition coefficient (Wildman–Crippen LogP) is -0.479. The second-order valence-corrected chi connectivity index (χ2v) is 4.87. The molecule has 0 saturated carbocycles. The molecule has 0 aliphatic carbocycles. The summed E-state index contributed by atoms with van der Waals surface area (Å²) < 4.78 is 1.64. The lowest BCUT2D eigenvalue weighted by molar-refractivity contribution is -0.144. The van der Waals surface area contributed by atoms with Crippen LogP contribution in [0, 0.1) is 0 Å². The number of hydrogen-bond donors (Lipinski definition) is 2. The van der Waals surface area contributed by atoms with Crippen LogP contribution in [-0.4, -0.2) is 61.9 Å². The quantitative estimate of drug-likeness (QED) is 0.784. The highest BCUT2D eigenvalue weighted by Crippen LogP contribution is 2.12. The van der Waals surface area contributed by atoms with Crippen LogP contribution in [0.25, 0.3) is 5.69 Å². The van der Waals surface area contributed by atoms with Gasteiger partial charge in [-0.05, 0) is 22.6 Å². The molecule has 0 bridgehead atoms. The van der Waals surface area contributed by atoms with Gasteiger partial charge in [0.15, 0.2) is 5.82 Å². The summed E-state index contributed by atoms with van der Waals surface area (Å²) in [5.74, 6) is -0.199. The normalized spacial score (nSPS) is 19.5. The van der Waals surface area contributed by atoms with Crippen LogP contribution >= 0.6 is 0 Å². The van der Waals surface area contributed by atoms with Crippen LogP contribution in [0.5, 0.6) is 0 Å². The summed E-state index contributed by atoms with van der Waals surface area (Å²) in [6, 6.07) is 9.00. The van der Waals surface area contributed by atoms with E-state index in [2.05, 4.69) is 20.8 Å². The number of piperazine rings is 1. The number of nitrogens with zero attached hydrogens (tertiary/aromatic N) is 5. The molecule has 1 atom stereocenters. The number of hydrogen-bond acceptors (Lipinski definition) is 6. The Bertz CT molecular complexity index is 614. The molecule has 1 saturated heterocycles. The molecule has 8 nitrogen and oxygen atoms in total. The lowest BCUT2D eigenvalue weighted by Crippen LogP contribution is -2.54. The largest absolute Gasteiger partial charge is 0.480 e. The van der Waals surface area contributed by atoms with E-state index in [0.29, 0.717) is 25.5 Å². The molecule has 3 rings (SSSR count). The molecule has 1 aliphatic heterocycles. The molecule has 1 fully saturated rings. The monoisotopic (exact) mass is 288 g/mol. The third kappa shape index (κ3) is 2.91. The van der Waals surface area contributed by atoms with E-state index in [-0.39, 0.29) is 0 Å². The number of aromatic nitrogens is 4. The number of carboxylic acids is 1. The van der Waals surface area contributed by atoms with Gasteiger partial charge in [-0.3, -0.25) is 9.69 Å². The zero-order chi connectivity index (χ0) is 14.7. The van der Waals surface area contributed by atoms with Gasteiger partial charge in [-0.1, -0.05) is 18.2 Å². The molecule has 8 heteroatoms. The van der Waals surface area contributed by atoms with Crippen LogP contribution in [0.2, 0.25) is 0 Å². The van der Waals surface area contributed by atoms with Crippen molar-refractivity contribution in [1.82, 2.24) is 30.4 Å². The van der Waals surface area contributed by atoms with Gasteiger partial charge in [0, 0.05) is 19.6 Å². The Labute approximate surface area is 121 Å². The zero-order valence-electron chi connectivity index (χ0n) is 11.4. The average molecular weight is 288 g/mol. The molecule has 1 aliphatic rings. The highest BCUT2D eigenvalue weighted by Gasteiger charge is 2.29.